The molecule has 5 nitrogen and oxygen atoms in total. The summed E-state index contributed by atoms with van der Waals surface area (Å²) < 4.78 is 27.6. The van der Waals surface area contributed by atoms with Gasteiger partial charge < -0.3 is 4.57 Å². The first-order valence-corrected chi connectivity index (χ1v) is 8.86. The fraction of sp³-hybridized carbons (Fsp3) is 0.312. The number of sulfonamides is 1. The van der Waals surface area contributed by atoms with Gasteiger partial charge in [0, 0.05) is 35.8 Å². The highest BCUT2D eigenvalue weighted by Gasteiger charge is 2.28. The van der Waals surface area contributed by atoms with Crippen LogP contribution in [0.3, 0.4) is 0 Å². The van der Waals surface area contributed by atoms with Crippen LogP contribution in [0.4, 0.5) is 0 Å². The third-order valence-electron chi connectivity index (χ3n) is 3.75. The maximum Gasteiger partial charge on any atom is 0.257 e. The number of amides is 1. The topological polar surface area (TPSA) is 68.2 Å². The average Bonchev–Trinajstić information content (AvgIpc) is 3.19. The molecular weight excluding hydrogens is 300 g/mol. The van der Waals surface area contributed by atoms with Gasteiger partial charge in [0.15, 0.2) is 0 Å². The molecule has 0 saturated heterocycles. The van der Waals surface area contributed by atoms with Gasteiger partial charge in [-0.05, 0) is 30.9 Å². The molecular formula is C16H18N2O3S. The Balaban J connectivity index is 1.73. The molecule has 1 aliphatic carbocycles. The lowest BCUT2D eigenvalue weighted by molar-refractivity contribution is -0.114. The van der Waals surface area contributed by atoms with Crippen LogP contribution in [0, 0.1) is 5.92 Å². The van der Waals surface area contributed by atoms with E-state index in [-0.39, 0.29) is 11.7 Å². The van der Waals surface area contributed by atoms with Crippen molar-refractivity contribution in [2.45, 2.75) is 12.8 Å². The van der Waals surface area contributed by atoms with Gasteiger partial charge in [0.05, 0.1) is 5.75 Å². The minimum absolute atomic E-state index is 0.0425. The molecule has 0 atom stereocenters. The Hall–Kier alpha value is -2.08. The summed E-state index contributed by atoms with van der Waals surface area (Å²) in [5.41, 5.74) is 1.94. The summed E-state index contributed by atoms with van der Waals surface area (Å²) in [4.78, 5) is 11.8. The molecule has 0 bridgehead atoms. The van der Waals surface area contributed by atoms with Crippen LogP contribution in [0.5, 0.6) is 0 Å². The molecule has 1 saturated carbocycles. The number of fused-ring (bicyclic) bond motifs is 1. The van der Waals surface area contributed by atoms with Crippen molar-refractivity contribution < 1.29 is 13.2 Å². The molecule has 1 aliphatic rings. The fourth-order valence-electron chi connectivity index (χ4n) is 2.50. The van der Waals surface area contributed by atoms with Gasteiger partial charge in [-0.1, -0.05) is 18.2 Å². The molecule has 1 N–H and O–H groups in total. The van der Waals surface area contributed by atoms with E-state index in [2.05, 4.69) is 4.72 Å². The van der Waals surface area contributed by atoms with E-state index in [4.69, 9.17) is 0 Å². The normalized spacial score (nSPS) is 15.5. The largest absolute Gasteiger partial charge is 0.350 e. The minimum Gasteiger partial charge on any atom is -0.350 e. The number of aromatic nitrogens is 1. The van der Waals surface area contributed by atoms with Gasteiger partial charge in [-0.25, -0.2) is 13.1 Å². The second kappa shape index (κ2) is 5.61. The van der Waals surface area contributed by atoms with Crippen LogP contribution in [0.15, 0.2) is 36.5 Å². The number of carbonyl (C=O) groups is 1. The van der Waals surface area contributed by atoms with E-state index in [1.807, 2.05) is 42.1 Å². The Kier molecular flexibility index (Phi) is 3.78. The molecule has 1 aromatic heterocycles. The lowest BCUT2D eigenvalue weighted by atomic mass is 10.1. The highest BCUT2D eigenvalue weighted by atomic mass is 32.2. The number of nitrogens with one attached hydrogen (secondary N) is 1. The molecule has 0 spiro atoms. The predicted octanol–water partition coefficient (Wildman–Crippen LogP) is 2.05. The monoisotopic (exact) mass is 318 g/mol. The summed E-state index contributed by atoms with van der Waals surface area (Å²) in [5, 5.41) is 1.02. The van der Waals surface area contributed by atoms with Gasteiger partial charge in [0.25, 0.3) is 5.91 Å². The van der Waals surface area contributed by atoms with Gasteiger partial charge in [-0.3, -0.25) is 4.79 Å². The van der Waals surface area contributed by atoms with E-state index in [1.54, 1.807) is 6.08 Å². The van der Waals surface area contributed by atoms with Gasteiger partial charge in [-0.15, -0.1) is 0 Å². The molecule has 1 heterocycles. The van der Waals surface area contributed by atoms with E-state index in [0.29, 0.717) is 0 Å². The van der Waals surface area contributed by atoms with Crippen molar-refractivity contribution in [2.24, 2.45) is 13.0 Å². The Morgan fingerprint density at radius 2 is 2.09 bits per heavy atom. The standard InChI is InChI=1S/C16H18N2O3S/c1-18-10-13(14-4-2-3-5-15(14)18)8-9-16(19)17-22(20,21)11-12-6-7-12/h2-5,8-10,12H,6-7,11H2,1H3,(H,17,19). The third-order valence-corrected chi connectivity index (χ3v) is 5.17. The zero-order valence-corrected chi connectivity index (χ0v) is 13.1. The molecule has 0 unspecified atom stereocenters. The lowest BCUT2D eigenvalue weighted by Crippen LogP contribution is -2.31. The Morgan fingerprint density at radius 3 is 2.82 bits per heavy atom. The molecule has 1 amide bonds. The van der Waals surface area contributed by atoms with E-state index in [1.165, 1.54) is 6.08 Å². The molecule has 1 aromatic carbocycles. The number of nitrogens with zero attached hydrogens (tertiary/aromatic N) is 1. The summed E-state index contributed by atoms with van der Waals surface area (Å²) in [6.45, 7) is 0. The van der Waals surface area contributed by atoms with E-state index < -0.39 is 15.9 Å². The van der Waals surface area contributed by atoms with Crippen molar-refractivity contribution in [2.75, 3.05) is 5.75 Å². The maximum atomic E-state index is 11.8. The molecule has 116 valence electrons. The van der Waals surface area contributed by atoms with Crippen molar-refractivity contribution in [3.63, 3.8) is 0 Å². The Labute approximate surface area is 129 Å². The summed E-state index contributed by atoms with van der Waals surface area (Å²) in [7, 11) is -1.58. The van der Waals surface area contributed by atoms with Crippen LogP contribution >= 0.6 is 0 Å². The van der Waals surface area contributed by atoms with Crippen molar-refractivity contribution in [3.05, 3.63) is 42.1 Å². The van der Waals surface area contributed by atoms with Crippen molar-refractivity contribution >= 4 is 32.9 Å². The number of hydrogen-bond acceptors (Lipinski definition) is 3. The van der Waals surface area contributed by atoms with Crippen LogP contribution in [-0.4, -0.2) is 24.6 Å². The number of rotatable bonds is 5. The first kappa shape index (κ1) is 14.8. The highest BCUT2D eigenvalue weighted by molar-refractivity contribution is 7.90. The quantitative estimate of drug-likeness (QED) is 0.858. The second-order valence-electron chi connectivity index (χ2n) is 5.74. The number of hydrogen-bond donors (Lipinski definition) is 1. The first-order chi connectivity index (χ1) is 10.4. The van der Waals surface area contributed by atoms with Crippen molar-refractivity contribution in [1.82, 2.24) is 9.29 Å². The number of carbonyl (C=O) groups excluding carboxylic acids is 1. The SMILES string of the molecule is Cn1cc(C=CC(=O)NS(=O)(=O)CC2CC2)c2ccccc21. The van der Waals surface area contributed by atoms with Gasteiger partial charge in [-0.2, -0.15) is 0 Å². The summed E-state index contributed by atoms with van der Waals surface area (Å²) in [6, 6.07) is 7.84. The highest BCUT2D eigenvalue weighted by Crippen LogP contribution is 2.29. The predicted molar refractivity (Wildman–Crippen MR) is 86.6 cm³/mol. The Morgan fingerprint density at radius 1 is 1.36 bits per heavy atom. The van der Waals surface area contributed by atoms with Crippen molar-refractivity contribution in [1.29, 1.82) is 0 Å². The van der Waals surface area contributed by atoms with Crippen LogP contribution in [-0.2, 0) is 21.9 Å². The lowest BCUT2D eigenvalue weighted by Gasteiger charge is -2.02. The smallest absolute Gasteiger partial charge is 0.257 e. The summed E-state index contributed by atoms with van der Waals surface area (Å²) in [6.07, 6.45) is 6.69. The van der Waals surface area contributed by atoms with Crippen LogP contribution in [0.25, 0.3) is 17.0 Å². The third kappa shape index (κ3) is 3.39. The van der Waals surface area contributed by atoms with Gasteiger partial charge in [0.1, 0.15) is 0 Å². The molecule has 3 rings (SSSR count). The second-order valence-corrected chi connectivity index (χ2v) is 7.50. The number of benzene rings is 1. The fourth-order valence-corrected chi connectivity index (χ4v) is 3.91. The van der Waals surface area contributed by atoms with Gasteiger partial charge >= 0.3 is 0 Å². The molecule has 0 radical (unpaired) electrons. The molecule has 0 aliphatic heterocycles. The van der Waals surface area contributed by atoms with E-state index >= 15 is 0 Å². The zero-order chi connectivity index (χ0) is 15.7. The van der Waals surface area contributed by atoms with E-state index in [9.17, 15) is 13.2 Å². The minimum atomic E-state index is -3.52. The Bertz CT molecular complexity index is 845. The van der Waals surface area contributed by atoms with Crippen LogP contribution in [0.2, 0.25) is 0 Å². The zero-order valence-electron chi connectivity index (χ0n) is 12.3. The summed E-state index contributed by atoms with van der Waals surface area (Å²) >= 11 is 0. The summed E-state index contributed by atoms with van der Waals surface area (Å²) in [5.74, 6) is -0.346. The first-order valence-electron chi connectivity index (χ1n) is 7.21. The molecule has 2 aromatic rings. The number of para-hydroxylation sites is 1. The van der Waals surface area contributed by atoms with Crippen molar-refractivity contribution in [3.8, 4) is 0 Å². The number of aryl methyl sites for hydroxylation is 1. The van der Waals surface area contributed by atoms with E-state index in [0.717, 1.165) is 29.3 Å². The van der Waals surface area contributed by atoms with Crippen LogP contribution < -0.4 is 4.72 Å². The molecule has 6 heteroatoms. The van der Waals surface area contributed by atoms with Crippen LogP contribution in [0.1, 0.15) is 18.4 Å². The van der Waals surface area contributed by atoms with Gasteiger partial charge in [0.2, 0.25) is 10.0 Å². The molecule has 22 heavy (non-hydrogen) atoms. The average molecular weight is 318 g/mol. The maximum absolute atomic E-state index is 11.8. The molecule has 1 fully saturated rings.